The molecule has 0 spiro atoms. The van der Waals surface area contributed by atoms with Gasteiger partial charge in [0.1, 0.15) is 0 Å². The van der Waals surface area contributed by atoms with Crippen LogP contribution >= 0.6 is 11.3 Å². The highest BCUT2D eigenvalue weighted by atomic mass is 32.1. The maximum Gasteiger partial charge on any atom is 0.166 e. The van der Waals surface area contributed by atoms with Crippen molar-refractivity contribution in [2.24, 2.45) is 0 Å². The largest absolute Gasteiger partial charge is 0.308 e. The van der Waals surface area contributed by atoms with Crippen LogP contribution in [0.1, 0.15) is 11.0 Å². The van der Waals surface area contributed by atoms with Gasteiger partial charge in [0, 0.05) is 47.6 Å². The van der Waals surface area contributed by atoms with E-state index in [0.29, 0.717) is 22.9 Å². The SMILES string of the molecule is [2H]c1c([2H])c([2H])c2c(c1[2H])c1c([2H])c([2H])c([2H])c([2H])c1n2-c1cc(-c2cccc3c2sc2ccccc23)ccc1-c1nc(-c2ccccc2)nc(-c2ccccc2)n1. The van der Waals surface area contributed by atoms with Gasteiger partial charge in [0.2, 0.25) is 0 Å². The molecular formula is C45H28N4S. The second kappa shape index (κ2) is 11.6. The van der Waals surface area contributed by atoms with Crippen LogP contribution in [0.2, 0.25) is 0 Å². The third-order valence-electron chi connectivity index (χ3n) is 8.93. The number of para-hydroxylation sites is 2. The van der Waals surface area contributed by atoms with Crippen LogP contribution in [0, 0.1) is 0 Å². The fraction of sp³-hybridized carbons (Fsp3) is 0. The van der Waals surface area contributed by atoms with E-state index in [9.17, 15) is 2.74 Å². The lowest BCUT2D eigenvalue weighted by atomic mass is 9.99. The summed E-state index contributed by atoms with van der Waals surface area (Å²) in [4.78, 5) is 14.9. The highest BCUT2D eigenvalue weighted by Gasteiger charge is 2.21. The van der Waals surface area contributed by atoms with Crippen LogP contribution in [0.15, 0.2) is 170 Å². The van der Waals surface area contributed by atoms with Crippen molar-refractivity contribution in [1.82, 2.24) is 19.5 Å². The predicted octanol–water partition coefficient (Wildman–Crippen LogP) is 12.0. The highest BCUT2D eigenvalue weighted by Crippen LogP contribution is 2.42. The molecule has 0 amide bonds. The van der Waals surface area contributed by atoms with Crippen LogP contribution in [0.3, 0.4) is 0 Å². The molecule has 3 heterocycles. The normalized spacial score (nSPS) is 13.8. The fourth-order valence-corrected chi connectivity index (χ4v) is 7.88. The molecule has 4 nitrogen and oxygen atoms in total. The Kier molecular flexibility index (Phi) is 5.00. The van der Waals surface area contributed by atoms with Gasteiger partial charge in [0.05, 0.1) is 27.7 Å². The first-order valence-corrected chi connectivity index (χ1v) is 16.9. The van der Waals surface area contributed by atoms with Gasteiger partial charge in [-0.25, -0.2) is 15.0 Å². The molecule has 0 unspecified atom stereocenters. The highest BCUT2D eigenvalue weighted by molar-refractivity contribution is 7.26. The van der Waals surface area contributed by atoms with E-state index in [-0.39, 0.29) is 27.6 Å². The zero-order valence-electron chi connectivity index (χ0n) is 34.2. The molecule has 0 bridgehead atoms. The molecule has 0 aliphatic rings. The summed E-state index contributed by atoms with van der Waals surface area (Å²) in [6.45, 7) is 0. The van der Waals surface area contributed by atoms with E-state index < -0.39 is 48.3 Å². The quantitative estimate of drug-likeness (QED) is 0.184. The van der Waals surface area contributed by atoms with Gasteiger partial charge in [-0.1, -0.05) is 139 Å². The number of rotatable bonds is 5. The number of nitrogens with zero attached hydrogens (tertiary/aromatic N) is 4. The van der Waals surface area contributed by atoms with Crippen molar-refractivity contribution >= 4 is 53.3 Å². The monoisotopic (exact) mass is 664 g/mol. The number of fused-ring (bicyclic) bond motifs is 6. The van der Waals surface area contributed by atoms with Crippen LogP contribution in [0.4, 0.5) is 0 Å². The molecule has 0 aliphatic carbocycles. The van der Waals surface area contributed by atoms with E-state index in [1.54, 1.807) is 15.9 Å². The van der Waals surface area contributed by atoms with Gasteiger partial charge < -0.3 is 4.57 Å². The van der Waals surface area contributed by atoms with Crippen LogP contribution in [0.25, 0.3) is 93.0 Å². The van der Waals surface area contributed by atoms with Gasteiger partial charge in [-0.05, 0) is 41.4 Å². The van der Waals surface area contributed by atoms with Crippen molar-refractivity contribution in [3.8, 4) is 51.0 Å². The van der Waals surface area contributed by atoms with Crippen LogP contribution in [-0.4, -0.2) is 19.5 Å². The average Bonchev–Trinajstić information content (AvgIpc) is 3.83. The van der Waals surface area contributed by atoms with E-state index in [1.807, 2.05) is 103 Å². The molecule has 10 rings (SSSR count). The Morgan fingerprint density at radius 2 is 1.04 bits per heavy atom. The minimum atomic E-state index is -0.508. The van der Waals surface area contributed by atoms with Gasteiger partial charge in [0.15, 0.2) is 17.5 Å². The number of hydrogen-bond acceptors (Lipinski definition) is 4. The minimum Gasteiger partial charge on any atom is -0.308 e. The molecule has 7 aromatic carbocycles. The standard InChI is InChI=1S/C45H28N4S/c1-3-14-29(15-4-1)43-46-44(30-16-5-2-6-17-30)48-45(47-43)37-27-26-31(32-21-13-22-36-35-20-9-12-25-41(35)50-42(32)36)28-40(37)49-38-23-10-7-18-33(38)34-19-8-11-24-39(34)49/h1-28H/i7D,8D,10D,11D,18D,19D,23D,24D. The molecule has 234 valence electrons. The number of benzene rings is 7. The van der Waals surface area contributed by atoms with Crippen molar-refractivity contribution in [2.45, 2.75) is 0 Å². The summed E-state index contributed by atoms with van der Waals surface area (Å²) >= 11 is 1.67. The maximum absolute atomic E-state index is 9.28. The first kappa shape index (κ1) is 21.5. The zero-order valence-corrected chi connectivity index (χ0v) is 27.1. The third-order valence-corrected chi connectivity index (χ3v) is 10.1. The van der Waals surface area contributed by atoms with Gasteiger partial charge in [0.25, 0.3) is 0 Å². The Morgan fingerprint density at radius 1 is 0.460 bits per heavy atom. The molecule has 0 atom stereocenters. The first-order chi connectivity index (χ1) is 28.1. The maximum atomic E-state index is 9.28. The topological polar surface area (TPSA) is 43.6 Å². The molecule has 5 heteroatoms. The Bertz CT molecular complexity index is 3200. The molecule has 0 saturated heterocycles. The number of aromatic nitrogens is 4. The average molecular weight is 665 g/mol. The summed E-state index contributed by atoms with van der Waals surface area (Å²) in [5.74, 6) is 1.06. The van der Waals surface area contributed by atoms with Crippen molar-refractivity contribution < 1.29 is 11.0 Å². The lowest BCUT2D eigenvalue weighted by Crippen LogP contribution is -2.04. The van der Waals surface area contributed by atoms with Crippen molar-refractivity contribution in [2.75, 3.05) is 0 Å². The summed E-state index contributed by atoms with van der Waals surface area (Å²) in [6, 6.07) is 35.5. The second-order valence-electron chi connectivity index (χ2n) is 11.8. The van der Waals surface area contributed by atoms with Crippen LogP contribution in [0.5, 0.6) is 0 Å². The molecule has 3 aromatic heterocycles. The Morgan fingerprint density at radius 3 is 1.72 bits per heavy atom. The second-order valence-corrected chi connectivity index (χ2v) is 12.9. The summed E-state index contributed by atoms with van der Waals surface area (Å²) < 4.78 is 75.2. The van der Waals surface area contributed by atoms with Crippen LogP contribution in [-0.2, 0) is 0 Å². The molecule has 0 N–H and O–H groups in total. The van der Waals surface area contributed by atoms with E-state index >= 15 is 0 Å². The van der Waals surface area contributed by atoms with Gasteiger partial charge in [-0.2, -0.15) is 0 Å². The minimum absolute atomic E-state index is 0.00657. The fourth-order valence-electron chi connectivity index (χ4n) is 6.64. The molecule has 0 fully saturated rings. The van der Waals surface area contributed by atoms with Crippen LogP contribution < -0.4 is 0 Å². The van der Waals surface area contributed by atoms with E-state index in [2.05, 4.69) is 18.2 Å². The summed E-state index contributed by atoms with van der Waals surface area (Å²) in [5, 5.41) is 2.19. The van der Waals surface area contributed by atoms with Crippen molar-refractivity contribution in [3.63, 3.8) is 0 Å². The van der Waals surface area contributed by atoms with Gasteiger partial charge >= 0.3 is 0 Å². The Hall–Kier alpha value is -6.43. The Balaban J connectivity index is 1.38. The van der Waals surface area contributed by atoms with E-state index in [1.165, 1.54) is 0 Å². The Labute approximate surface area is 303 Å². The molecule has 0 aliphatic heterocycles. The van der Waals surface area contributed by atoms with Crippen molar-refractivity contribution in [1.29, 1.82) is 0 Å². The summed E-state index contributed by atoms with van der Waals surface area (Å²) in [7, 11) is 0. The molecule has 0 radical (unpaired) electrons. The molecule has 0 saturated carbocycles. The summed E-state index contributed by atoms with van der Waals surface area (Å²) in [6.07, 6.45) is 0. The third kappa shape index (κ3) is 4.63. The summed E-state index contributed by atoms with van der Waals surface area (Å²) in [5.41, 5.74) is 4.00. The number of thiophene rings is 1. The molecule has 10 aromatic rings. The molecule has 50 heavy (non-hydrogen) atoms. The molecular weight excluding hydrogens is 629 g/mol. The van der Waals surface area contributed by atoms with Crippen molar-refractivity contribution in [3.05, 3.63) is 170 Å². The van der Waals surface area contributed by atoms with E-state index in [4.69, 9.17) is 23.2 Å². The smallest absolute Gasteiger partial charge is 0.166 e. The first-order valence-electron chi connectivity index (χ1n) is 20.1. The van der Waals surface area contributed by atoms with E-state index in [0.717, 1.165) is 42.4 Å². The van der Waals surface area contributed by atoms with Gasteiger partial charge in [-0.3, -0.25) is 0 Å². The number of hydrogen-bond donors (Lipinski definition) is 0. The van der Waals surface area contributed by atoms with Gasteiger partial charge in [-0.15, -0.1) is 11.3 Å². The lowest BCUT2D eigenvalue weighted by Gasteiger charge is -2.16. The predicted molar refractivity (Wildman–Crippen MR) is 209 cm³/mol. The lowest BCUT2D eigenvalue weighted by molar-refractivity contribution is 1.06. The zero-order chi connectivity index (χ0) is 40.0.